The third-order valence-electron chi connectivity index (χ3n) is 4.64. The van der Waals surface area contributed by atoms with Crippen LogP contribution in [0.25, 0.3) is 0 Å². The second-order valence-electron chi connectivity index (χ2n) is 6.10. The summed E-state index contributed by atoms with van der Waals surface area (Å²) in [5, 5.41) is 4.36. The first kappa shape index (κ1) is 16.3. The molecule has 0 radical (unpaired) electrons. The van der Waals surface area contributed by atoms with Crippen molar-refractivity contribution in [3.05, 3.63) is 41.1 Å². The Morgan fingerprint density at radius 1 is 1.17 bits per heavy atom. The summed E-state index contributed by atoms with van der Waals surface area (Å²) in [7, 11) is 1.88. The predicted octanol–water partition coefficient (Wildman–Crippen LogP) is 1.16. The van der Waals surface area contributed by atoms with Gasteiger partial charge in [0.25, 0.3) is 5.91 Å². The molecule has 0 aliphatic carbocycles. The van der Waals surface area contributed by atoms with Gasteiger partial charge in [-0.3, -0.25) is 14.3 Å². The van der Waals surface area contributed by atoms with Crippen LogP contribution >= 0.6 is 0 Å². The molecule has 24 heavy (non-hydrogen) atoms. The van der Waals surface area contributed by atoms with Crippen molar-refractivity contribution < 1.29 is 14.0 Å². The lowest BCUT2D eigenvalue weighted by Crippen LogP contribution is -2.51. The molecule has 1 fully saturated rings. The molecule has 2 aromatic rings. The second kappa shape index (κ2) is 6.51. The Morgan fingerprint density at radius 2 is 1.83 bits per heavy atom. The molecule has 0 saturated carbocycles. The first-order valence-electron chi connectivity index (χ1n) is 8.07. The van der Waals surface area contributed by atoms with Gasteiger partial charge in [-0.25, -0.2) is 0 Å². The number of furan rings is 1. The Kier molecular flexibility index (Phi) is 4.42. The van der Waals surface area contributed by atoms with Crippen LogP contribution in [0.3, 0.4) is 0 Å². The van der Waals surface area contributed by atoms with Crippen LogP contribution < -0.4 is 0 Å². The molecular formula is C17H22N4O3. The van der Waals surface area contributed by atoms with Crippen molar-refractivity contribution in [1.82, 2.24) is 19.6 Å². The zero-order valence-corrected chi connectivity index (χ0v) is 14.3. The first-order valence-corrected chi connectivity index (χ1v) is 8.07. The third kappa shape index (κ3) is 3.06. The Hall–Kier alpha value is -2.57. The normalized spacial score (nSPS) is 15.0. The van der Waals surface area contributed by atoms with Crippen molar-refractivity contribution in [1.29, 1.82) is 0 Å². The van der Waals surface area contributed by atoms with E-state index in [0.29, 0.717) is 38.4 Å². The highest BCUT2D eigenvalue weighted by Gasteiger charge is 2.26. The highest BCUT2D eigenvalue weighted by Crippen LogP contribution is 2.15. The van der Waals surface area contributed by atoms with Gasteiger partial charge in [0.15, 0.2) is 5.76 Å². The van der Waals surface area contributed by atoms with Crippen molar-refractivity contribution in [3.8, 4) is 0 Å². The quantitative estimate of drug-likeness (QED) is 0.846. The van der Waals surface area contributed by atoms with Crippen molar-refractivity contribution in [2.24, 2.45) is 7.05 Å². The summed E-state index contributed by atoms with van der Waals surface area (Å²) in [6, 6.07) is 3.36. The number of hydrogen-bond acceptors (Lipinski definition) is 4. The minimum absolute atomic E-state index is 0.0827. The number of carbonyl (C=O) groups is 2. The summed E-state index contributed by atoms with van der Waals surface area (Å²) in [5.74, 6) is 0.307. The van der Waals surface area contributed by atoms with Gasteiger partial charge in [0.05, 0.1) is 18.4 Å². The zero-order valence-electron chi connectivity index (χ0n) is 14.3. The number of aryl methyl sites for hydroxylation is 2. The molecule has 3 heterocycles. The molecule has 7 heteroatoms. The van der Waals surface area contributed by atoms with Gasteiger partial charge in [0.1, 0.15) is 0 Å². The van der Waals surface area contributed by atoms with E-state index in [1.54, 1.807) is 21.7 Å². The van der Waals surface area contributed by atoms with Gasteiger partial charge in [-0.1, -0.05) is 0 Å². The molecule has 2 amide bonds. The maximum atomic E-state index is 12.6. The maximum absolute atomic E-state index is 12.6. The van der Waals surface area contributed by atoms with Crippen LogP contribution in [0.5, 0.6) is 0 Å². The molecule has 2 aromatic heterocycles. The highest BCUT2D eigenvalue weighted by molar-refractivity contribution is 5.91. The van der Waals surface area contributed by atoms with Crippen molar-refractivity contribution in [2.45, 2.75) is 20.3 Å². The van der Waals surface area contributed by atoms with Crippen LogP contribution in [0.1, 0.15) is 27.5 Å². The number of rotatable bonds is 3. The van der Waals surface area contributed by atoms with Gasteiger partial charge in [0, 0.05) is 44.5 Å². The lowest BCUT2D eigenvalue weighted by Gasteiger charge is -2.34. The minimum Gasteiger partial charge on any atom is -0.459 e. The Morgan fingerprint density at radius 3 is 2.38 bits per heavy atom. The van der Waals surface area contributed by atoms with Gasteiger partial charge >= 0.3 is 0 Å². The van der Waals surface area contributed by atoms with E-state index in [1.165, 1.54) is 6.26 Å². The van der Waals surface area contributed by atoms with E-state index in [0.717, 1.165) is 17.0 Å². The molecule has 3 rings (SSSR count). The molecule has 1 aliphatic rings. The van der Waals surface area contributed by atoms with Crippen LogP contribution in [-0.4, -0.2) is 57.6 Å². The second-order valence-corrected chi connectivity index (χ2v) is 6.10. The van der Waals surface area contributed by atoms with Gasteiger partial charge in [-0.2, -0.15) is 5.10 Å². The van der Waals surface area contributed by atoms with Crippen molar-refractivity contribution in [2.75, 3.05) is 26.2 Å². The van der Waals surface area contributed by atoms with E-state index in [2.05, 4.69) is 5.10 Å². The van der Waals surface area contributed by atoms with E-state index in [9.17, 15) is 9.59 Å². The third-order valence-corrected chi connectivity index (χ3v) is 4.64. The highest BCUT2D eigenvalue weighted by atomic mass is 16.3. The maximum Gasteiger partial charge on any atom is 0.289 e. The molecular weight excluding hydrogens is 308 g/mol. The average molecular weight is 330 g/mol. The van der Waals surface area contributed by atoms with Gasteiger partial charge in [0.2, 0.25) is 5.91 Å². The summed E-state index contributed by atoms with van der Waals surface area (Å²) in [6.45, 7) is 6.04. The molecule has 0 spiro atoms. The Bertz CT molecular complexity index is 740. The molecule has 7 nitrogen and oxygen atoms in total. The molecule has 1 saturated heterocycles. The predicted molar refractivity (Wildman–Crippen MR) is 87.6 cm³/mol. The number of nitrogens with zero attached hydrogens (tertiary/aromatic N) is 4. The van der Waals surface area contributed by atoms with Crippen LogP contribution in [-0.2, 0) is 18.3 Å². The Labute approximate surface area is 140 Å². The van der Waals surface area contributed by atoms with Gasteiger partial charge in [-0.15, -0.1) is 0 Å². The largest absolute Gasteiger partial charge is 0.459 e. The summed E-state index contributed by atoms with van der Waals surface area (Å²) >= 11 is 0. The van der Waals surface area contributed by atoms with E-state index in [-0.39, 0.29) is 11.8 Å². The fraction of sp³-hybridized carbons (Fsp3) is 0.471. The summed E-state index contributed by atoms with van der Waals surface area (Å²) < 4.78 is 6.95. The Balaban J connectivity index is 1.58. The lowest BCUT2D eigenvalue weighted by molar-refractivity contribution is -0.131. The summed E-state index contributed by atoms with van der Waals surface area (Å²) in [4.78, 5) is 28.3. The van der Waals surface area contributed by atoms with Crippen molar-refractivity contribution >= 4 is 11.8 Å². The SMILES string of the molecule is Cc1nn(C)c(C)c1CC(=O)N1CCN(C(=O)c2ccco2)CC1. The van der Waals surface area contributed by atoms with Gasteiger partial charge in [-0.05, 0) is 26.0 Å². The fourth-order valence-corrected chi connectivity index (χ4v) is 3.05. The van der Waals surface area contributed by atoms with Crippen LogP contribution in [0, 0.1) is 13.8 Å². The molecule has 0 atom stereocenters. The number of piperazine rings is 1. The number of amides is 2. The number of carbonyl (C=O) groups excluding carboxylic acids is 2. The first-order chi connectivity index (χ1) is 11.5. The average Bonchev–Trinajstić information content (AvgIpc) is 3.19. The summed E-state index contributed by atoms with van der Waals surface area (Å²) in [6.07, 6.45) is 1.85. The molecule has 0 unspecified atom stereocenters. The van der Waals surface area contributed by atoms with Crippen LogP contribution in [0.2, 0.25) is 0 Å². The van der Waals surface area contributed by atoms with Gasteiger partial charge < -0.3 is 14.2 Å². The standard InChI is InChI=1S/C17H22N4O3/c1-12-14(13(2)19(3)18-12)11-16(22)20-6-8-21(9-7-20)17(23)15-5-4-10-24-15/h4-5,10H,6-9,11H2,1-3H3. The van der Waals surface area contributed by atoms with Crippen LogP contribution in [0.15, 0.2) is 22.8 Å². The van der Waals surface area contributed by atoms with E-state index in [1.807, 2.05) is 25.8 Å². The molecule has 0 bridgehead atoms. The lowest BCUT2D eigenvalue weighted by atomic mass is 10.1. The van der Waals surface area contributed by atoms with E-state index < -0.39 is 0 Å². The molecule has 128 valence electrons. The monoisotopic (exact) mass is 330 g/mol. The molecule has 1 aliphatic heterocycles. The number of hydrogen-bond donors (Lipinski definition) is 0. The van der Waals surface area contributed by atoms with E-state index >= 15 is 0 Å². The van der Waals surface area contributed by atoms with E-state index in [4.69, 9.17) is 4.42 Å². The topological polar surface area (TPSA) is 71.6 Å². The molecule has 0 N–H and O–H groups in total. The fourth-order valence-electron chi connectivity index (χ4n) is 3.05. The van der Waals surface area contributed by atoms with Crippen LogP contribution in [0.4, 0.5) is 0 Å². The molecule has 0 aromatic carbocycles. The smallest absolute Gasteiger partial charge is 0.289 e. The zero-order chi connectivity index (χ0) is 17.3. The minimum atomic E-state index is -0.119. The summed E-state index contributed by atoms with van der Waals surface area (Å²) in [5.41, 5.74) is 2.92. The number of aromatic nitrogens is 2. The van der Waals surface area contributed by atoms with Crippen molar-refractivity contribution in [3.63, 3.8) is 0 Å².